The van der Waals surface area contributed by atoms with Crippen LogP contribution in [0.1, 0.15) is 17.4 Å². The number of aryl methyl sites for hydroxylation is 2. The molecule has 0 spiro atoms. The van der Waals surface area contributed by atoms with Crippen LogP contribution in [0, 0.1) is 0 Å². The summed E-state index contributed by atoms with van der Waals surface area (Å²) in [6.07, 6.45) is 4.23. The summed E-state index contributed by atoms with van der Waals surface area (Å²) in [7, 11) is 0. The average molecular weight is 284 g/mol. The molecule has 3 rings (SSSR count). The molecule has 0 aliphatic carbocycles. The first-order valence-corrected chi connectivity index (χ1v) is 7.96. The first kappa shape index (κ1) is 13.4. The molecule has 2 aromatic heterocycles. The summed E-state index contributed by atoms with van der Waals surface area (Å²) >= 11 is 1.83. The van der Waals surface area contributed by atoms with E-state index in [1.807, 2.05) is 11.3 Å². The second-order valence-corrected chi connectivity index (χ2v) is 6.45. The Kier molecular flexibility index (Phi) is 3.90. The van der Waals surface area contributed by atoms with Gasteiger partial charge in [-0.3, -0.25) is 0 Å². The molecule has 3 heteroatoms. The summed E-state index contributed by atoms with van der Waals surface area (Å²) in [4.78, 5) is 1.44. The third kappa shape index (κ3) is 2.94. The maximum absolute atomic E-state index is 5.87. The third-order valence-electron chi connectivity index (χ3n) is 3.57. The van der Waals surface area contributed by atoms with Gasteiger partial charge in [0.15, 0.2) is 0 Å². The number of aromatic nitrogens is 1. The Morgan fingerprint density at radius 2 is 2.15 bits per heavy atom. The van der Waals surface area contributed by atoms with Gasteiger partial charge in [-0.15, -0.1) is 11.3 Å². The zero-order valence-electron chi connectivity index (χ0n) is 11.8. The highest BCUT2D eigenvalue weighted by molar-refractivity contribution is 7.09. The summed E-state index contributed by atoms with van der Waals surface area (Å²) in [5.74, 6) is 0. The minimum absolute atomic E-state index is 0.216. The first-order chi connectivity index (χ1) is 9.72. The van der Waals surface area contributed by atoms with Crippen molar-refractivity contribution in [3.8, 4) is 0 Å². The van der Waals surface area contributed by atoms with E-state index in [4.69, 9.17) is 5.73 Å². The molecule has 0 aliphatic heterocycles. The van der Waals surface area contributed by atoms with Crippen LogP contribution in [0.3, 0.4) is 0 Å². The molecule has 0 bridgehead atoms. The SMILES string of the molecule is CC(N)Cc1ccc2c(ccn2CCc2cccs2)c1. The normalized spacial score (nSPS) is 12.9. The van der Waals surface area contributed by atoms with E-state index in [0.29, 0.717) is 0 Å². The lowest BCUT2D eigenvalue weighted by Crippen LogP contribution is -2.17. The van der Waals surface area contributed by atoms with E-state index < -0.39 is 0 Å². The van der Waals surface area contributed by atoms with Crippen molar-refractivity contribution in [3.63, 3.8) is 0 Å². The molecule has 104 valence electrons. The molecule has 1 aromatic carbocycles. The van der Waals surface area contributed by atoms with E-state index in [1.54, 1.807) is 0 Å². The van der Waals surface area contributed by atoms with Crippen LogP contribution in [0.15, 0.2) is 48.0 Å². The van der Waals surface area contributed by atoms with Crippen molar-refractivity contribution in [2.45, 2.75) is 32.4 Å². The highest BCUT2D eigenvalue weighted by Gasteiger charge is 2.04. The van der Waals surface area contributed by atoms with Crippen molar-refractivity contribution >= 4 is 22.2 Å². The van der Waals surface area contributed by atoms with Gasteiger partial charge >= 0.3 is 0 Å². The number of nitrogens with two attached hydrogens (primary N) is 1. The molecular weight excluding hydrogens is 264 g/mol. The fourth-order valence-corrected chi connectivity index (χ4v) is 3.33. The molecule has 3 aromatic rings. The van der Waals surface area contributed by atoms with Crippen LogP contribution in [-0.4, -0.2) is 10.6 Å². The van der Waals surface area contributed by atoms with Gasteiger partial charge in [0.2, 0.25) is 0 Å². The predicted molar refractivity (Wildman–Crippen MR) is 87.3 cm³/mol. The number of nitrogens with zero attached hydrogens (tertiary/aromatic N) is 1. The fraction of sp³-hybridized carbons (Fsp3) is 0.294. The van der Waals surface area contributed by atoms with Crippen LogP contribution >= 0.6 is 11.3 Å². The summed E-state index contributed by atoms with van der Waals surface area (Å²) in [6, 6.07) is 13.4. The summed E-state index contributed by atoms with van der Waals surface area (Å²) in [6.45, 7) is 3.09. The lowest BCUT2D eigenvalue weighted by atomic mass is 10.1. The Hall–Kier alpha value is -1.58. The van der Waals surface area contributed by atoms with Crippen molar-refractivity contribution in [1.82, 2.24) is 4.57 Å². The molecule has 1 atom stereocenters. The van der Waals surface area contributed by atoms with Crippen molar-refractivity contribution in [1.29, 1.82) is 0 Å². The third-order valence-corrected chi connectivity index (χ3v) is 4.51. The Morgan fingerprint density at radius 3 is 2.90 bits per heavy atom. The Bertz CT molecular complexity index is 680. The standard InChI is InChI=1S/C17H20N2S/c1-13(18)11-14-4-5-17-15(12-14)6-8-19(17)9-7-16-3-2-10-20-16/h2-6,8,10,12-13H,7,9,11,18H2,1H3. The van der Waals surface area contributed by atoms with Crippen LogP contribution in [0.2, 0.25) is 0 Å². The molecular formula is C17H20N2S. The topological polar surface area (TPSA) is 30.9 Å². The molecule has 20 heavy (non-hydrogen) atoms. The van der Waals surface area contributed by atoms with Crippen LogP contribution in [0.4, 0.5) is 0 Å². The molecule has 0 amide bonds. The lowest BCUT2D eigenvalue weighted by Gasteiger charge is -2.07. The largest absolute Gasteiger partial charge is 0.347 e. The van der Waals surface area contributed by atoms with Gasteiger partial charge in [0, 0.05) is 29.2 Å². The molecule has 0 aliphatic rings. The molecule has 0 saturated carbocycles. The Labute approximate surface area is 123 Å². The van der Waals surface area contributed by atoms with Gasteiger partial charge in [-0.05, 0) is 60.4 Å². The molecule has 2 nitrogen and oxygen atoms in total. The van der Waals surface area contributed by atoms with Gasteiger partial charge in [0.1, 0.15) is 0 Å². The van der Waals surface area contributed by atoms with Crippen molar-refractivity contribution in [2.24, 2.45) is 5.73 Å². The highest BCUT2D eigenvalue weighted by atomic mass is 32.1. The number of rotatable bonds is 5. The van der Waals surface area contributed by atoms with Crippen molar-refractivity contribution in [3.05, 3.63) is 58.4 Å². The van der Waals surface area contributed by atoms with Crippen molar-refractivity contribution < 1.29 is 0 Å². The van der Waals surface area contributed by atoms with E-state index in [2.05, 4.69) is 59.5 Å². The minimum atomic E-state index is 0.216. The van der Waals surface area contributed by atoms with E-state index in [0.717, 1.165) is 19.4 Å². The number of hydrogen-bond donors (Lipinski definition) is 1. The molecule has 2 N–H and O–H groups in total. The van der Waals surface area contributed by atoms with Gasteiger partial charge in [-0.25, -0.2) is 0 Å². The maximum Gasteiger partial charge on any atom is 0.0480 e. The van der Waals surface area contributed by atoms with Crippen molar-refractivity contribution in [2.75, 3.05) is 0 Å². The Balaban J connectivity index is 1.79. The number of fused-ring (bicyclic) bond motifs is 1. The molecule has 1 unspecified atom stereocenters. The monoisotopic (exact) mass is 284 g/mol. The first-order valence-electron chi connectivity index (χ1n) is 7.08. The molecule has 0 radical (unpaired) electrons. The predicted octanol–water partition coefficient (Wildman–Crippen LogP) is 3.84. The van der Waals surface area contributed by atoms with E-state index in [9.17, 15) is 0 Å². The second kappa shape index (κ2) is 5.81. The Morgan fingerprint density at radius 1 is 1.25 bits per heavy atom. The van der Waals surface area contributed by atoms with Crippen LogP contribution < -0.4 is 5.73 Å². The van der Waals surface area contributed by atoms with Gasteiger partial charge < -0.3 is 10.3 Å². The smallest absolute Gasteiger partial charge is 0.0480 e. The van der Waals surface area contributed by atoms with Gasteiger partial charge in [-0.1, -0.05) is 12.1 Å². The van der Waals surface area contributed by atoms with Gasteiger partial charge in [0.25, 0.3) is 0 Å². The summed E-state index contributed by atoms with van der Waals surface area (Å²) in [5.41, 5.74) is 8.51. The minimum Gasteiger partial charge on any atom is -0.347 e. The molecule has 2 heterocycles. The average Bonchev–Trinajstić information content (AvgIpc) is 3.04. The zero-order chi connectivity index (χ0) is 13.9. The summed E-state index contributed by atoms with van der Waals surface area (Å²) in [5, 5.41) is 3.46. The molecule has 0 saturated heterocycles. The highest BCUT2D eigenvalue weighted by Crippen LogP contribution is 2.20. The van der Waals surface area contributed by atoms with Gasteiger partial charge in [0.05, 0.1) is 0 Å². The van der Waals surface area contributed by atoms with Crippen LogP contribution in [0.5, 0.6) is 0 Å². The van der Waals surface area contributed by atoms with E-state index in [1.165, 1.54) is 21.3 Å². The number of thiophene rings is 1. The number of benzene rings is 1. The number of hydrogen-bond acceptors (Lipinski definition) is 2. The summed E-state index contributed by atoms with van der Waals surface area (Å²) < 4.78 is 2.34. The maximum atomic E-state index is 5.87. The fourth-order valence-electron chi connectivity index (χ4n) is 2.63. The van der Waals surface area contributed by atoms with E-state index in [-0.39, 0.29) is 6.04 Å². The molecule has 0 fully saturated rings. The second-order valence-electron chi connectivity index (χ2n) is 5.41. The quantitative estimate of drug-likeness (QED) is 0.758. The van der Waals surface area contributed by atoms with E-state index >= 15 is 0 Å². The van der Waals surface area contributed by atoms with Gasteiger partial charge in [-0.2, -0.15) is 0 Å². The van der Waals surface area contributed by atoms with Crippen LogP contribution in [-0.2, 0) is 19.4 Å². The lowest BCUT2D eigenvalue weighted by molar-refractivity contribution is 0.728. The van der Waals surface area contributed by atoms with Crippen LogP contribution in [0.25, 0.3) is 10.9 Å². The zero-order valence-corrected chi connectivity index (χ0v) is 12.6.